The largest absolute Gasteiger partial charge is 0.353 e. The first-order chi connectivity index (χ1) is 11.1. The molecule has 1 aliphatic rings. The van der Waals surface area contributed by atoms with Crippen LogP contribution < -0.4 is 5.32 Å². The highest BCUT2D eigenvalue weighted by Crippen LogP contribution is 2.22. The van der Waals surface area contributed by atoms with Gasteiger partial charge >= 0.3 is 0 Å². The first-order valence-corrected chi connectivity index (χ1v) is 8.76. The summed E-state index contributed by atoms with van der Waals surface area (Å²) < 4.78 is 0. The molecule has 23 heavy (non-hydrogen) atoms. The van der Waals surface area contributed by atoms with E-state index in [-0.39, 0.29) is 11.9 Å². The Morgan fingerprint density at radius 3 is 2.52 bits per heavy atom. The summed E-state index contributed by atoms with van der Waals surface area (Å²) in [6.45, 7) is 5.69. The number of hydrogen-bond acceptors (Lipinski definition) is 3. The van der Waals surface area contributed by atoms with Crippen LogP contribution in [0.25, 0.3) is 0 Å². The fourth-order valence-corrected chi connectivity index (χ4v) is 3.21. The van der Waals surface area contributed by atoms with Gasteiger partial charge in [-0.3, -0.25) is 9.69 Å². The summed E-state index contributed by atoms with van der Waals surface area (Å²) in [5.41, 5.74) is 1.43. The quantitative estimate of drug-likeness (QED) is 0.835. The van der Waals surface area contributed by atoms with Crippen LogP contribution in [0.2, 0.25) is 0 Å². The lowest BCUT2D eigenvalue weighted by molar-refractivity contribution is -0.126. The summed E-state index contributed by atoms with van der Waals surface area (Å²) in [4.78, 5) is 16.6. The predicted molar refractivity (Wildman–Crippen MR) is 95.5 cm³/mol. The minimum absolute atomic E-state index is 0.0187. The number of carbonyl (C=O) groups excluding carboxylic acids is 1. The number of benzene rings is 1. The second kappa shape index (κ2) is 9.04. The number of nitrogens with one attached hydrogen (secondary N) is 1. The van der Waals surface area contributed by atoms with Crippen molar-refractivity contribution in [2.24, 2.45) is 5.92 Å². The van der Waals surface area contributed by atoms with Crippen molar-refractivity contribution in [3.63, 3.8) is 0 Å². The van der Waals surface area contributed by atoms with Gasteiger partial charge < -0.3 is 10.2 Å². The van der Waals surface area contributed by atoms with Gasteiger partial charge in [-0.2, -0.15) is 0 Å². The van der Waals surface area contributed by atoms with Gasteiger partial charge in [-0.25, -0.2) is 0 Å². The van der Waals surface area contributed by atoms with E-state index >= 15 is 0 Å². The molecule has 2 rings (SSSR count). The highest BCUT2D eigenvalue weighted by atomic mass is 16.2. The molecule has 4 nitrogen and oxygen atoms in total. The monoisotopic (exact) mass is 317 g/mol. The van der Waals surface area contributed by atoms with Crippen LogP contribution in [-0.2, 0) is 11.2 Å². The lowest BCUT2D eigenvalue weighted by atomic mass is 9.89. The number of carbonyl (C=O) groups is 1. The van der Waals surface area contributed by atoms with E-state index < -0.39 is 0 Å². The average molecular weight is 317 g/mol. The van der Waals surface area contributed by atoms with Gasteiger partial charge in [0.05, 0.1) is 6.04 Å². The van der Waals surface area contributed by atoms with Gasteiger partial charge in [-0.1, -0.05) is 30.3 Å². The lowest BCUT2D eigenvalue weighted by Crippen LogP contribution is -2.49. The summed E-state index contributed by atoms with van der Waals surface area (Å²) in [7, 11) is 4.04. The minimum atomic E-state index is -0.0187. The van der Waals surface area contributed by atoms with Crippen molar-refractivity contribution in [1.82, 2.24) is 15.1 Å². The van der Waals surface area contributed by atoms with Crippen molar-refractivity contribution in [2.75, 3.05) is 40.3 Å². The molecule has 0 spiro atoms. The first kappa shape index (κ1) is 18.0. The van der Waals surface area contributed by atoms with Crippen molar-refractivity contribution in [2.45, 2.75) is 32.2 Å². The summed E-state index contributed by atoms with van der Waals surface area (Å²) in [6, 6.07) is 10.7. The minimum Gasteiger partial charge on any atom is -0.353 e. The van der Waals surface area contributed by atoms with Crippen molar-refractivity contribution < 1.29 is 4.79 Å². The Morgan fingerprint density at radius 1 is 1.26 bits per heavy atom. The van der Waals surface area contributed by atoms with Crippen molar-refractivity contribution >= 4 is 5.91 Å². The molecular weight excluding hydrogens is 286 g/mol. The molecule has 1 heterocycles. The molecular formula is C19H31N3O. The fraction of sp³-hybridized carbons (Fsp3) is 0.632. The van der Waals surface area contributed by atoms with Crippen molar-refractivity contribution in [3.05, 3.63) is 35.9 Å². The van der Waals surface area contributed by atoms with Crippen LogP contribution in [0.3, 0.4) is 0 Å². The van der Waals surface area contributed by atoms with Crippen LogP contribution in [0.1, 0.15) is 25.3 Å². The van der Waals surface area contributed by atoms with Gasteiger partial charge in [0.25, 0.3) is 0 Å². The maximum absolute atomic E-state index is 12.2. The van der Waals surface area contributed by atoms with Crippen molar-refractivity contribution in [3.8, 4) is 0 Å². The molecule has 1 unspecified atom stereocenters. The number of likely N-dealkylation sites (N-methyl/N-ethyl adjacent to an activating group) is 1. The van der Waals surface area contributed by atoms with Crippen LogP contribution in [0.5, 0.6) is 0 Å². The molecule has 0 aromatic heterocycles. The van der Waals surface area contributed by atoms with E-state index in [1.807, 2.05) is 21.0 Å². The molecule has 1 aliphatic heterocycles. The zero-order valence-corrected chi connectivity index (χ0v) is 14.8. The SMILES string of the molecule is CC(C(=O)NCCN(C)C)N1CCC(Cc2ccccc2)CC1. The third-order valence-corrected chi connectivity index (χ3v) is 4.80. The number of amides is 1. The molecule has 0 aliphatic carbocycles. The number of likely N-dealkylation sites (tertiary alicyclic amines) is 1. The van der Waals surface area contributed by atoms with Crippen LogP contribution in [-0.4, -0.2) is 62.0 Å². The van der Waals surface area contributed by atoms with Crippen molar-refractivity contribution in [1.29, 1.82) is 0 Å². The van der Waals surface area contributed by atoms with Crippen LogP contribution in [0.4, 0.5) is 0 Å². The molecule has 1 aromatic rings. The second-order valence-electron chi connectivity index (χ2n) is 6.94. The molecule has 1 fully saturated rings. The average Bonchev–Trinajstić information content (AvgIpc) is 2.55. The summed E-state index contributed by atoms with van der Waals surface area (Å²) in [5.74, 6) is 0.908. The molecule has 0 radical (unpaired) electrons. The maximum Gasteiger partial charge on any atom is 0.237 e. The molecule has 1 amide bonds. The topological polar surface area (TPSA) is 35.6 Å². The standard InChI is InChI=1S/C19H31N3O/c1-16(19(23)20-11-14-21(2)3)22-12-9-18(10-13-22)15-17-7-5-4-6-8-17/h4-8,16,18H,9-15H2,1-3H3,(H,20,23). The lowest BCUT2D eigenvalue weighted by Gasteiger charge is -2.35. The van der Waals surface area contributed by atoms with Gasteiger partial charge in [0.15, 0.2) is 0 Å². The maximum atomic E-state index is 12.2. The van der Waals surface area contributed by atoms with Crippen LogP contribution >= 0.6 is 0 Å². The van der Waals surface area contributed by atoms with E-state index in [0.717, 1.165) is 38.5 Å². The van der Waals surface area contributed by atoms with E-state index in [2.05, 4.69) is 45.4 Å². The summed E-state index contributed by atoms with van der Waals surface area (Å²) >= 11 is 0. The molecule has 1 aromatic carbocycles. The Kier molecular flexibility index (Phi) is 7.06. The van der Waals surface area contributed by atoms with Gasteiger partial charge in [-0.15, -0.1) is 0 Å². The second-order valence-corrected chi connectivity index (χ2v) is 6.94. The summed E-state index contributed by atoms with van der Waals surface area (Å²) in [6.07, 6.45) is 3.53. The molecule has 0 saturated carbocycles. The van der Waals surface area contributed by atoms with E-state index in [1.54, 1.807) is 0 Å². The highest BCUT2D eigenvalue weighted by Gasteiger charge is 2.26. The fourth-order valence-electron chi connectivity index (χ4n) is 3.21. The number of rotatable bonds is 7. The number of piperidine rings is 1. The molecule has 128 valence electrons. The summed E-state index contributed by atoms with van der Waals surface area (Å²) in [5, 5.41) is 3.04. The van der Waals surface area contributed by atoms with Gasteiger partial charge in [-0.05, 0) is 64.9 Å². The first-order valence-electron chi connectivity index (χ1n) is 8.76. The molecule has 4 heteroatoms. The molecule has 0 bridgehead atoms. The highest BCUT2D eigenvalue weighted by molar-refractivity contribution is 5.81. The van der Waals surface area contributed by atoms with Gasteiger partial charge in [0, 0.05) is 13.1 Å². The predicted octanol–water partition coefficient (Wildman–Crippen LogP) is 2.01. The van der Waals surface area contributed by atoms with Gasteiger partial charge in [0.2, 0.25) is 5.91 Å². The van der Waals surface area contributed by atoms with E-state index in [0.29, 0.717) is 0 Å². The molecule has 1 N–H and O–H groups in total. The van der Waals surface area contributed by atoms with Crippen LogP contribution in [0.15, 0.2) is 30.3 Å². The Balaban J connectivity index is 1.71. The normalized spacial score (nSPS) is 18.1. The Bertz CT molecular complexity index is 467. The smallest absolute Gasteiger partial charge is 0.237 e. The zero-order chi connectivity index (χ0) is 16.7. The molecule has 1 saturated heterocycles. The zero-order valence-electron chi connectivity index (χ0n) is 14.8. The molecule has 1 atom stereocenters. The van der Waals surface area contributed by atoms with E-state index in [1.165, 1.54) is 18.4 Å². The van der Waals surface area contributed by atoms with E-state index in [4.69, 9.17) is 0 Å². The number of hydrogen-bond donors (Lipinski definition) is 1. The third-order valence-electron chi connectivity index (χ3n) is 4.80. The van der Waals surface area contributed by atoms with Gasteiger partial charge in [0.1, 0.15) is 0 Å². The Hall–Kier alpha value is -1.39. The van der Waals surface area contributed by atoms with E-state index in [9.17, 15) is 4.79 Å². The number of nitrogens with zero attached hydrogens (tertiary/aromatic N) is 2. The van der Waals surface area contributed by atoms with Crippen LogP contribution in [0, 0.1) is 5.92 Å². The third kappa shape index (κ3) is 5.96. The Morgan fingerprint density at radius 2 is 1.91 bits per heavy atom. The Labute approximate surface area is 140 Å².